The van der Waals surface area contributed by atoms with Crippen molar-refractivity contribution in [2.24, 2.45) is 0 Å². The van der Waals surface area contributed by atoms with E-state index in [0.717, 1.165) is 28.3 Å². The molecule has 0 saturated heterocycles. The Morgan fingerprint density at radius 3 is 2.48 bits per heavy atom. The Morgan fingerprint density at radius 2 is 1.80 bits per heavy atom. The van der Waals surface area contributed by atoms with Gasteiger partial charge in [0.2, 0.25) is 0 Å². The third kappa shape index (κ3) is 2.25. The monoisotopic (exact) mass is 327 g/mol. The summed E-state index contributed by atoms with van der Waals surface area (Å²) >= 11 is 0. The van der Waals surface area contributed by atoms with E-state index in [0.29, 0.717) is 0 Å². The molecule has 1 N–H and O–H groups in total. The number of fused-ring (bicyclic) bond motifs is 1. The predicted octanol–water partition coefficient (Wildman–Crippen LogP) is 4.07. The number of hydrogen-bond donors (Lipinski definition) is 1. The minimum absolute atomic E-state index is 0.226. The number of pyridine rings is 1. The van der Waals surface area contributed by atoms with Crippen LogP contribution in [-0.2, 0) is 5.41 Å². The van der Waals surface area contributed by atoms with E-state index in [-0.39, 0.29) is 6.04 Å². The molecule has 3 aromatic rings. The first-order valence-corrected chi connectivity index (χ1v) is 8.12. The average molecular weight is 327 g/mol. The molecule has 2 aromatic carbocycles. The fraction of sp³-hybridized carbons (Fsp3) is 0.143. The maximum atomic E-state index is 10.3. The predicted molar refractivity (Wildman–Crippen MR) is 96.4 cm³/mol. The van der Waals surface area contributed by atoms with Gasteiger partial charge in [-0.3, -0.25) is 4.98 Å². The average Bonchev–Trinajstić information content (AvgIpc) is 3.04. The molecule has 0 radical (unpaired) electrons. The van der Waals surface area contributed by atoms with Crippen LogP contribution in [0.3, 0.4) is 0 Å². The molecule has 0 unspecified atom stereocenters. The number of nitrogens with zero attached hydrogens (tertiary/aromatic N) is 2. The Kier molecular flexibility index (Phi) is 3.62. The quantitative estimate of drug-likeness (QED) is 0.788. The van der Waals surface area contributed by atoms with Crippen molar-refractivity contribution in [2.45, 2.75) is 11.5 Å². The van der Waals surface area contributed by atoms with E-state index in [9.17, 15) is 5.26 Å². The second-order valence-electron chi connectivity index (χ2n) is 6.04. The van der Waals surface area contributed by atoms with E-state index in [1.165, 1.54) is 0 Å². The molecule has 0 spiro atoms. The van der Waals surface area contributed by atoms with E-state index >= 15 is 0 Å². The molecule has 1 aromatic heterocycles. The second-order valence-corrected chi connectivity index (χ2v) is 6.04. The molecule has 1 aliphatic rings. The van der Waals surface area contributed by atoms with Gasteiger partial charge in [0.1, 0.15) is 5.75 Å². The first-order chi connectivity index (χ1) is 12.3. The Labute approximate surface area is 146 Å². The molecule has 0 aliphatic carbocycles. The third-order valence-electron chi connectivity index (χ3n) is 4.77. The van der Waals surface area contributed by atoms with E-state index in [4.69, 9.17) is 4.74 Å². The Hall–Kier alpha value is -3.32. The summed E-state index contributed by atoms with van der Waals surface area (Å²) < 4.78 is 5.26. The summed E-state index contributed by atoms with van der Waals surface area (Å²) in [7, 11) is 1.64. The van der Waals surface area contributed by atoms with Crippen LogP contribution in [0.1, 0.15) is 22.9 Å². The zero-order chi connectivity index (χ0) is 17.3. The van der Waals surface area contributed by atoms with Crippen molar-refractivity contribution < 1.29 is 4.74 Å². The van der Waals surface area contributed by atoms with Gasteiger partial charge in [-0.15, -0.1) is 0 Å². The summed E-state index contributed by atoms with van der Waals surface area (Å²) in [5, 5.41) is 13.8. The first kappa shape index (κ1) is 15.2. The molecule has 122 valence electrons. The number of ether oxygens (including phenoxy) is 1. The van der Waals surface area contributed by atoms with Crippen molar-refractivity contribution in [3.05, 3.63) is 89.7 Å². The van der Waals surface area contributed by atoms with E-state index in [1.807, 2.05) is 66.7 Å². The van der Waals surface area contributed by atoms with Crippen LogP contribution in [0, 0.1) is 11.3 Å². The maximum Gasteiger partial charge on any atom is 0.150 e. The highest BCUT2D eigenvalue weighted by Crippen LogP contribution is 2.51. The summed E-state index contributed by atoms with van der Waals surface area (Å²) in [6.45, 7) is 0. The lowest BCUT2D eigenvalue weighted by atomic mass is 9.72. The molecule has 4 heteroatoms. The number of methoxy groups -OCH3 is 1. The third-order valence-corrected chi connectivity index (χ3v) is 4.77. The van der Waals surface area contributed by atoms with Crippen LogP contribution in [0.4, 0.5) is 5.69 Å². The van der Waals surface area contributed by atoms with Crippen LogP contribution in [0.2, 0.25) is 0 Å². The highest BCUT2D eigenvalue weighted by molar-refractivity contribution is 5.68. The fourth-order valence-corrected chi connectivity index (χ4v) is 3.55. The van der Waals surface area contributed by atoms with Gasteiger partial charge in [0, 0.05) is 6.20 Å². The Bertz CT molecular complexity index is 931. The van der Waals surface area contributed by atoms with Crippen LogP contribution in [0.25, 0.3) is 0 Å². The van der Waals surface area contributed by atoms with Crippen molar-refractivity contribution in [3.8, 4) is 11.8 Å². The topological polar surface area (TPSA) is 57.9 Å². The van der Waals surface area contributed by atoms with Crippen LogP contribution in [0.5, 0.6) is 5.75 Å². The molecule has 1 aliphatic heterocycles. The van der Waals surface area contributed by atoms with Gasteiger partial charge in [-0.1, -0.05) is 42.5 Å². The lowest BCUT2D eigenvalue weighted by molar-refractivity contribution is 0.414. The summed E-state index contributed by atoms with van der Waals surface area (Å²) in [6.07, 6.45) is 1.74. The summed E-state index contributed by atoms with van der Waals surface area (Å²) in [5.41, 5.74) is 2.73. The lowest BCUT2D eigenvalue weighted by Crippen LogP contribution is -2.32. The van der Waals surface area contributed by atoms with Crippen LogP contribution >= 0.6 is 0 Å². The second kappa shape index (κ2) is 5.95. The molecule has 25 heavy (non-hydrogen) atoms. The number of aromatic nitrogens is 1. The number of hydrogen-bond acceptors (Lipinski definition) is 4. The van der Waals surface area contributed by atoms with Crippen molar-refractivity contribution in [2.75, 3.05) is 12.4 Å². The molecule has 0 amide bonds. The van der Waals surface area contributed by atoms with Gasteiger partial charge in [-0.2, -0.15) is 5.26 Å². The molecule has 4 rings (SSSR count). The Morgan fingerprint density at radius 1 is 1.04 bits per heavy atom. The number of nitrogens with one attached hydrogen (secondary N) is 1. The van der Waals surface area contributed by atoms with Crippen molar-refractivity contribution >= 4 is 5.69 Å². The SMILES string of the molecule is COc1ccc([C@@H]2Nc3cccnc3[C@@]2(C#N)c2ccccc2)cc1. The van der Waals surface area contributed by atoms with E-state index in [1.54, 1.807) is 13.3 Å². The summed E-state index contributed by atoms with van der Waals surface area (Å²) in [5.74, 6) is 0.791. The summed E-state index contributed by atoms with van der Waals surface area (Å²) in [6, 6.07) is 23.9. The molecular formula is C21H17N3O. The largest absolute Gasteiger partial charge is 0.497 e. The minimum atomic E-state index is -0.882. The van der Waals surface area contributed by atoms with Gasteiger partial charge in [0.15, 0.2) is 5.41 Å². The van der Waals surface area contributed by atoms with Gasteiger partial charge in [0.05, 0.1) is 30.6 Å². The Balaban J connectivity index is 1.93. The molecule has 0 fully saturated rings. The smallest absolute Gasteiger partial charge is 0.150 e. The van der Waals surface area contributed by atoms with Crippen molar-refractivity contribution in [1.82, 2.24) is 4.98 Å². The fourth-order valence-electron chi connectivity index (χ4n) is 3.55. The molecule has 0 saturated carbocycles. The van der Waals surface area contributed by atoms with E-state index in [2.05, 4.69) is 16.4 Å². The first-order valence-electron chi connectivity index (χ1n) is 8.12. The maximum absolute atomic E-state index is 10.3. The zero-order valence-corrected chi connectivity index (χ0v) is 13.8. The van der Waals surface area contributed by atoms with Gasteiger partial charge in [0.25, 0.3) is 0 Å². The number of rotatable bonds is 3. The molecule has 0 bridgehead atoms. The van der Waals surface area contributed by atoms with Crippen molar-refractivity contribution in [3.63, 3.8) is 0 Å². The highest BCUT2D eigenvalue weighted by Gasteiger charge is 2.51. The lowest BCUT2D eigenvalue weighted by Gasteiger charge is -2.29. The van der Waals surface area contributed by atoms with Gasteiger partial charge < -0.3 is 10.1 Å². The molecule has 4 nitrogen and oxygen atoms in total. The number of nitriles is 1. The minimum Gasteiger partial charge on any atom is -0.497 e. The molecule has 2 atom stereocenters. The van der Waals surface area contributed by atoms with Crippen LogP contribution in [-0.4, -0.2) is 12.1 Å². The van der Waals surface area contributed by atoms with E-state index < -0.39 is 5.41 Å². The van der Waals surface area contributed by atoms with Crippen LogP contribution in [0.15, 0.2) is 72.9 Å². The van der Waals surface area contributed by atoms with Crippen molar-refractivity contribution in [1.29, 1.82) is 5.26 Å². The molecule has 2 heterocycles. The van der Waals surface area contributed by atoms with Gasteiger partial charge in [-0.25, -0.2) is 0 Å². The standard InChI is InChI=1S/C21H17N3O/c1-25-17-11-9-15(10-12-17)19-21(14-22,16-6-3-2-4-7-16)20-18(24-19)8-5-13-23-20/h2-13,19,24H,1H3/t19-,21-/m0/s1. The summed E-state index contributed by atoms with van der Waals surface area (Å²) in [4.78, 5) is 4.56. The van der Waals surface area contributed by atoms with Gasteiger partial charge >= 0.3 is 0 Å². The normalized spacial score (nSPS) is 21.0. The highest BCUT2D eigenvalue weighted by atomic mass is 16.5. The van der Waals surface area contributed by atoms with Gasteiger partial charge in [-0.05, 0) is 35.4 Å². The molecular weight excluding hydrogens is 310 g/mol. The zero-order valence-electron chi connectivity index (χ0n) is 13.8. The van der Waals surface area contributed by atoms with Crippen LogP contribution < -0.4 is 10.1 Å². The number of anilines is 1. The number of benzene rings is 2.